The van der Waals surface area contributed by atoms with Gasteiger partial charge >= 0.3 is 5.97 Å². The van der Waals surface area contributed by atoms with Crippen LogP contribution in [-0.4, -0.2) is 36.3 Å². The summed E-state index contributed by atoms with van der Waals surface area (Å²) in [6.07, 6.45) is 0.753. The van der Waals surface area contributed by atoms with Gasteiger partial charge in [0.05, 0.1) is 26.8 Å². The second kappa shape index (κ2) is 7.30. The molecule has 0 aliphatic heterocycles. The number of amides is 1. The number of aliphatic hydroxyl groups excluding tert-OH is 1. The minimum absolute atomic E-state index is 0.195. The summed E-state index contributed by atoms with van der Waals surface area (Å²) < 4.78 is 4.29. The first-order valence-corrected chi connectivity index (χ1v) is 5.88. The largest absolute Gasteiger partial charge is 0.502 e. The monoisotopic (exact) mass is 279 g/mol. The number of methoxy groups -OCH3 is 1. The standard InChI is InChI=1S/C14H17NO5/c1-10-4-6-11(7-5-10)9-15(20-3)13(17)8-12(16)14(18)19-2/h4-8,16H,9H2,1-3H3. The second-order valence-corrected chi connectivity index (χ2v) is 4.06. The first-order valence-electron chi connectivity index (χ1n) is 5.88. The molecule has 0 atom stereocenters. The topological polar surface area (TPSA) is 76.1 Å². The lowest BCUT2D eigenvalue weighted by molar-refractivity contribution is -0.173. The van der Waals surface area contributed by atoms with E-state index in [1.807, 2.05) is 31.2 Å². The summed E-state index contributed by atoms with van der Waals surface area (Å²) >= 11 is 0. The van der Waals surface area contributed by atoms with E-state index < -0.39 is 17.6 Å². The maximum atomic E-state index is 11.8. The van der Waals surface area contributed by atoms with Crippen LogP contribution in [0.25, 0.3) is 0 Å². The molecule has 1 aromatic carbocycles. The summed E-state index contributed by atoms with van der Waals surface area (Å²) in [4.78, 5) is 27.8. The molecule has 1 N–H and O–H groups in total. The lowest BCUT2D eigenvalue weighted by atomic mass is 10.1. The molecule has 0 saturated heterocycles. The van der Waals surface area contributed by atoms with Crippen LogP contribution in [0.5, 0.6) is 0 Å². The number of ether oxygens (including phenoxy) is 1. The fraction of sp³-hybridized carbons (Fsp3) is 0.286. The Hall–Kier alpha value is -2.34. The van der Waals surface area contributed by atoms with Crippen LogP contribution in [0.1, 0.15) is 11.1 Å². The molecule has 0 spiro atoms. The van der Waals surface area contributed by atoms with Crippen LogP contribution >= 0.6 is 0 Å². The van der Waals surface area contributed by atoms with E-state index in [1.165, 1.54) is 7.11 Å². The highest BCUT2D eigenvalue weighted by molar-refractivity contribution is 5.96. The highest BCUT2D eigenvalue weighted by Crippen LogP contribution is 2.08. The number of carbonyl (C=O) groups excluding carboxylic acids is 2. The van der Waals surface area contributed by atoms with Gasteiger partial charge < -0.3 is 9.84 Å². The molecule has 0 heterocycles. The number of carbonyl (C=O) groups is 2. The van der Waals surface area contributed by atoms with Gasteiger partial charge in [-0.05, 0) is 12.5 Å². The Morgan fingerprint density at radius 2 is 1.85 bits per heavy atom. The third kappa shape index (κ3) is 4.40. The summed E-state index contributed by atoms with van der Waals surface area (Å²) in [7, 11) is 2.44. The minimum atomic E-state index is -0.982. The third-order valence-corrected chi connectivity index (χ3v) is 2.57. The van der Waals surface area contributed by atoms with Crippen molar-refractivity contribution < 1.29 is 24.3 Å². The molecule has 20 heavy (non-hydrogen) atoms. The van der Waals surface area contributed by atoms with E-state index in [9.17, 15) is 14.7 Å². The average molecular weight is 279 g/mol. The van der Waals surface area contributed by atoms with Crippen LogP contribution in [0.15, 0.2) is 36.1 Å². The third-order valence-electron chi connectivity index (χ3n) is 2.57. The summed E-state index contributed by atoms with van der Waals surface area (Å²) in [6, 6.07) is 7.54. The number of nitrogens with zero attached hydrogens (tertiary/aromatic N) is 1. The summed E-state index contributed by atoms with van der Waals surface area (Å²) in [5.41, 5.74) is 1.96. The van der Waals surface area contributed by atoms with Gasteiger partial charge in [0.2, 0.25) is 5.76 Å². The van der Waals surface area contributed by atoms with Crippen molar-refractivity contribution in [3.8, 4) is 0 Å². The fourth-order valence-corrected chi connectivity index (χ4v) is 1.44. The average Bonchev–Trinajstić information content (AvgIpc) is 2.45. The van der Waals surface area contributed by atoms with Crippen molar-refractivity contribution in [1.82, 2.24) is 5.06 Å². The number of aryl methyl sites for hydroxylation is 1. The van der Waals surface area contributed by atoms with Crippen LogP contribution in [0, 0.1) is 6.92 Å². The Labute approximate surface area is 117 Å². The second-order valence-electron chi connectivity index (χ2n) is 4.06. The Bertz CT molecular complexity index is 507. The van der Waals surface area contributed by atoms with E-state index in [1.54, 1.807) is 0 Å². The van der Waals surface area contributed by atoms with Gasteiger partial charge in [0.25, 0.3) is 5.91 Å². The van der Waals surface area contributed by atoms with Crippen molar-refractivity contribution in [2.24, 2.45) is 0 Å². The number of rotatable bonds is 5. The van der Waals surface area contributed by atoms with E-state index in [-0.39, 0.29) is 6.54 Å². The Balaban J connectivity index is 2.78. The van der Waals surface area contributed by atoms with Gasteiger partial charge in [-0.1, -0.05) is 29.8 Å². The zero-order valence-electron chi connectivity index (χ0n) is 11.6. The maximum Gasteiger partial charge on any atom is 0.373 e. The molecular weight excluding hydrogens is 262 g/mol. The first kappa shape index (κ1) is 15.7. The molecule has 6 heteroatoms. The summed E-state index contributed by atoms with van der Waals surface area (Å²) in [5, 5.41) is 10.3. The molecule has 1 aromatic rings. The predicted molar refractivity (Wildman–Crippen MR) is 71.5 cm³/mol. The highest BCUT2D eigenvalue weighted by Gasteiger charge is 2.16. The molecule has 0 bridgehead atoms. The van der Waals surface area contributed by atoms with Crippen molar-refractivity contribution in [3.05, 3.63) is 47.2 Å². The quantitative estimate of drug-likeness (QED) is 0.382. The van der Waals surface area contributed by atoms with Crippen molar-refractivity contribution >= 4 is 11.9 Å². The summed E-state index contributed by atoms with van der Waals surface area (Å²) in [6.45, 7) is 2.15. The maximum absolute atomic E-state index is 11.8. The highest BCUT2D eigenvalue weighted by atomic mass is 16.7. The molecule has 0 fully saturated rings. The van der Waals surface area contributed by atoms with Gasteiger partial charge in [-0.15, -0.1) is 0 Å². The zero-order chi connectivity index (χ0) is 15.1. The molecule has 1 rings (SSSR count). The van der Waals surface area contributed by atoms with Gasteiger partial charge in [-0.25, -0.2) is 9.86 Å². The minimum Gasteiger partial charge on any atom is -0.502 e. The van der Waals surface area contributed by atoms with Gasteiger partial charge in [0.1, 0.15) is 0 Å². The Kier molecular flexibility index (Phi) is 5.74. The van der Waals surface area contributed by atoms with Crippen molar-refractivity contribution in [3.63, 3.8) is 0 Å². The van der Waals surface area contributed by atoms with Gasteiger partial charge in [0, 0.05) is 0 Å². The van der Waals surface area contributed by atoms with E-state index in [0.29, 0.717) is 0 Å². The predicted octanol–water partition coefficient (Wildman–Crippen LogP) is 1.50. The molecule has 0 unspecified atom stereocenters. The van der Waals surface area contributed by atoms with E-state index in [0.717, 1.165) is 29.4 Å². The Morgan fingerprint density at radius 3 is 2.35 bits per heavy atom. The lowest BCUT2D eigenvalue weighted by Crippen LogP contribution is -2.28. The smallest absolute Gasteiger partial charge is 0.373 e. The molecule has 0 aromatic heterocycles. The number of hydroxylamine groups is 2. The normalized spacial score (nSPS) is 11.1. The van der Waals surface area contributed by atoms with Crippen molar-refractivity contribution in [2.45, 2.75) is 13.5 Å². The molecule has 0 aliphatic rings. The van der Waals surface area contributed by atoms with Crippen molar-refractivity contribution in [1.29, 1.82) is 0 Å². The van der Waals surface area contributed by atoms with Crippen LogP contribution in [0.2, 0.25) is 0 Å². The molecule has 0 saturated carbocycles. The number of aliphatic hydroxyl groups is 1. The van der Waals surface area contributed by atoms with Gasteiger partial charge in [-0.2, -0.15) is 0 Å². The molecular formula is C14H17NO5. The SMILES string of the molecule is COC(=O)C(O)=CC(=O)N(Cc1ccc(C)cc1)OC. The first-order chi connectivity index (χ1) is 9.47. The molecule has 108 valence electrons. The number of esters is 1. The van der Waals surface area contributed by atoms with Crippen LogP contribution in [-0.2, 0) is 25.7 Å². The molecule has 0 aliphatic carbocycles. The van der Waals surface area contributed by atoms with Crippen LogP contribution in [0.4, 0.5) is 0 Å². The number of benzene rings is 1. The van der Waals surface area contributed by atoms with E-state index in [2.05, 4.69) is 4.74 Å². The zero-order valence-corrected chi connectivity index (χ0v) is 11.6. The van der Waals surface area contributed by atoms with Crippen molar-refractivity contribution in [2.75, 3.05) is 14.2 Å². The Morgan fingerprint density at radius 1 is 1.25 bits per heavy atom. The molecule has 1 amide bonds. The molecule has 6 nitrogen and oxygen atoms in total. The molecule has 0 radical (unpaired) electrons. The van der Waals surface area contributed by atoms with Gasteiger partial charge in [-0.3, -0.25) is 9.63 Å². The van der Waals surface area contributed by atoms with Crippen LogP contribution < -0.4 is 0 Å². The lowest BCUT2D eigenvalue weighted by Gasteiger charge is -2.18. The van der Waals surface area contributed by atoms with E-state index >= 15 is 0 Å². The summed E-state index contributed by atoms with van der Waals surface area (Å²) in [5.74, 6) is -2.41. The number of hydrogen-bond acceptors (Lipinski definition) is 5. The fourth-order valence-electron chi connectivity index (χ4n) is 1.44. The van der Waals surface area contributed by atoms with Crippen LogP contribution in [0.3, 0.4) is 0 Å². The number of hydrogen-bond donors (Lipinski definition) is 1. The van der Waals surface area contributed by atoms with E-state index in [4.69, 9.17) is 4.84 Å². The van der Waals surface area contributed by atoms with Gasteiger partial charge in [0.15, 0.2) is 0 Å².